The standard InChI is InChI=1S/C9H13GeNS/c1-10(11-7-8-12-10)9-5-3-2-4-6-9/h2-6,11H,7-8H2,1H3. The molecule has 1 N–H and O–H groups in total. The Kier molecular flexibility index (Phi) is 2.48. The van der Waals surface area contributed by atoms with Crippen LogP contribution in [0, 0.1) is 0 Å². The molecule has 0 amide bonds. The van der Waals surface area contributed by atoms with Crippen LogP contribution in [0.15, 0.2) is 30.3 Å². The molecule has 64 valence electrons. The van der Waals surface area contributed by atoms with Gasteiger partial charge in [0.25, 0.3) is 0 Å². The van der Waals surface area contributed by atoms with Crippen LogP contribution >= 0.6 is 10.1 Å². The quantitative estimate of drug-likeness (QED) is 0.742. The molecule has 0 radical (unpaired) electrons. The van der Waals surface area contributed by atoms with E-state index in [1.54, 1.807) is 4.40 Å². The molecule has 1 nitrogen and oxygen atoms in total. The summed E-state index contributed by atoms with van der Waals surface area (Å²) in [4.78, 5) is 0. The van der Waals surface area contributed by atoms with E-state index in [1.807, 2.05) is 0 Å². The van der Waals surface area contributed by atoms with Crippen LogP contribution in [0.5, 0.6) is 0 Å². The Labute approximate surface area is 79.5 Å². The van der Waals surface area contributed by atoms with Crippen LogP contribution in [0.1, 0.15) is 0 Å². The monoisotopic (exact) mass is 241 g/mol. The molecule has 1 unspecified atom stereocenters. The fraction of sp³-hybridized carbons (Fsp3) is 0.333. The second-order valence-corrected chi connectivity index (χ2v) is 16.2. The summed E-state index contributed by atoms with van der Waals surface area (Å²) in [5.41, 5.74) is 0. The van der Waals surface area contributed by atoms with Gasteiger partial charge in [0, 0.05) is 0 Å². The van der Waals surface area contributed by atoms with Crippen LogP contribution in [-0.4, -0.2) is 24.6 Å². The number of rotatable bonds is 1. The molecule has 3 heteroatoms. The normalized spacial score (nSPS) is 29.1. The van der Waals surface area contributed by atoms with Gasteiger partial charge in [-0.3, -0.25) is 0 Å². The molecule has 0 aliphatic carbocycles. The van der Waals surface area contributed by atoms with Gasteiger partial charge in [0.15, 0.2) is 0 Å². The van der Waals surface area contributed by atoms with Crippen molar-refractivity contribution in [1.29, 1.82) is 0 Å². The van der Waals surface area contributed by atoms with Crippen molar-refractivity contribution in [3.8, 4) is 0 Å². The van der Waals surface area contributed by atoms with Gasteiger partial charge in [0.2, 0.25) is 0 Å². The minimum absolute atomic E-state index is 1.20. The first-order valence-electron chi connectivity index (χ1n) is 4.26. The molecular formula is C9H13GeNS. The van der Waals surface area contributed by atoms with Crippen LogP contribution in [0.2, 0.25) is 5.76 Å². The van der Waals surface area contributed by atoms with Crippen LogP contribution in [0.4, 0.5) is 0 Å². The third kappa shape index (κ3) is 1.56. The molecule has 1 aromatic carbocycles. The van der Waals surface area contributed by atoms with E-state index in [-0.39, 0.29) is 0 Å². The number of nitrogens with one attached hydrogen (secondary N) is 1. The van der Waals surface area contributed by atoms with Crippen LogP contribution < -0.4 is 8.67 Å². The Bertz CT molecular complexity index is 256. The third-order valence-corrected chi connectivity index (χ3v) is 15.1. The summed E-state index contributed by atoms with van der Waals surface area (Å²) < 4.78 is 5.27. The molecule has 0 bridgehead atoms. The van der Waals surface area contributed by atoms with E-state index in [0.29, 0.717) is 0 Å². The Morgan fingerprint density at radius 1 is 1.33 bits per heavy atom. The molecule has 2 rings (SSSR count). The van der Waals surface area contributed by atoms with Gasteiger partial charge in [-0.1, -0.05) is 0 Å². The maximum atomic E-state index is 3.70. The summed E-state index contributed by atoms with van der Waals surface area (Å²) >= 11 is -1.80. The number of hydrogen-bond acceptors (Lipinski definition) is 2. The molecule has 1 atom stereocenters. The summed E-state index contributed by atoms with van der Waals surface area (Å²) in [5.74, 6) is 3.73. The average molecular weight is 240 g/mol. The van der Waals surface area contributed by atoms with E-state index in [9.17, 15) is 0 Å². The van der Waals surface area contributed by atoms with Crippen molar-refractivity contribution in [3.05, 3.63) is 30.3 Å². The summed E-state index contributed by atoms with van der Waals surface area (Å²) in [7, 11) is 2.17. The molecule has 1 aromatic rings. The van der Waals surface area contributed by atoms with Gasteiger partial charge >= 0.3 is 79.5 Å². The van der Waals surface area contributed by atoms with E-state index in [2.05, 4.69) is 50.4 Å². The molecular weight excluding hydrogens is 227 g/mol. The number of hydrogen-bond donors (Lipinski definition) is 1. The topological polar surface area (TPSA) is 12.0 Å². The van der Waals surface area contributed by atoms with E-state index in [0.717, 1.165) is 0 Å². The molecule has 1 aliphatic rings. The summed E-state index contributed by atoms with van der Waals surface area (Å²) in [6.45, 7) is 1.20. The van der Waals surface area contributed by atoms with E-state index < -0.39 is 12.3 Å². The minimum atomic E-state index is -1.80. The second kappa shape index (κ2) is 3.44. The molecule has 12 heavy (non-hydrogen) atoms. The van der Waals surface area contributed by atoms with Gasteiger partial charge < -0.3 is 0 Å². The van der Waals surface area contributed by atoms with Crippen LogP contribution in [0.25, 0.3) is 0 Å². The fourth-order valence-electron chi connectivity index (χ4n) is 1.54. The van der Waals surface area contributed by atoms with E-state index >= 15 is 0 Å². The van der Waals surface area contributed by atoms with E-state index in [4.69, 9.17) is 0 Å². The zero-order valence-corrected chi connectivity index (χ0v) is 10.1. The Balaban J connectivity index is 2.29. The fourth-order valence-corrected chi connectivity index (χ4v) is 12.4. The van der Waals surface area contributed by atoms with Gasteiger partial charge in [-0.15, -0.1) is 0 Å². The molecule has 1 fully saturated rings. The zero-order chi connectivity index (χ0) is 8.44. The summed E-state index contributed by atoms with van der Waals surface area (Å²) in [6.07, 6.45) is 0. The van der Waals surface area contributed by atoms with Gasteiger partial charge in [-0.05, 0) is 0 Å². The first-order chi connectivity index (χ1) is 5.81. The SMILES string of the molecule is [CH3][Ge]1([c]2ccccc2)[NH]CC[S]1. The predicted octanol–water partition coefficient (Wildman–Crippen LogP) is 1.30. The Hall–Kier alpha value is 0.0729. The molecule has 0 saturated carbocycles. The van der Waals surface area contributed by atoms with Gasteiger partial charge in [-0.25, -0.2) is 0 Å². The predicted molar refractivity (Wildman–Crippen MR) is 58.2 cm³/mol. The summed E-state index contributed by atoms with van der Waals surface area (Å²) in [6, 6.07) is 10.9. The third-order valence-electron chi connectivity index (χ3n) is 2.28. The van der Waals surface area contributed by atoms with Gasteiger partial charge in [-0.2, -0.15) is 0 Å². The Morgan fingerprint density at radius 3 is 2.67 bits per heavy atom. The van der Waals surface area contributed by atoms with Crippen LogP contribution in [0.3, 0.4) is 0 Å². The van der Waals surface area contributed by atoms with Crippen molar-refractivity contribution in [2.75, 3.05) is 12.3 Å². The zero-order valence-electron chi connectivity index (χ0n) is 7.21. The number of benzene rings is 1. The first-order valence-corrected chi connectivity index (χ1v) is 12.0. The van der Waals surface area contributed by atoms with Crippen molar-refractivity contribution < 1.29 is 0 Å². The molecule has 1 saturated heterocycles. The van der Waals surface area contributed by atoms with Crippen LogP contribution in [-0.2, 0) is 0 Å². The molecule has 0 aromatic heterocycles. The summed E-state index contributed by atoms with van der Waals surface area (Å²) in [5, 5.41) is 0. The molecule has 1 aliphatic heterocycles. The first kappa shape index (κ1) is 8.66. The van der Waals surface area contributed by atoms with Gasteiger partial charge in [0.1, 0.15) is 0 Å². The van der Waals surface area contributed by atoms with Crippen molar-refractivity contribution in [1.82, 2.24) is 4.27 Å². The van der Waals surface area contributed by atoms with Crippen molar-refractivity contribution in [3.63, 3.8) is 0 Å². The Morgan fingerprint density at radius 2 is 2.08 bits per heavy atom. The molecule has 1 heterocycles. The molecule has 0 spiro atoms. The van der Waals surface area contributed by atoms with Crippen molar-refractivity contribution in [2.24, 2.45) is 0 Å². The van der Waals surface area contributed by atoms with Gasteiger partial charge in [0.05, 0.1) is 0 Å². The average Bonchev–Trinajstić information content (AvgIpc) is 2.55. The second-order valence-electron chi connectivity index (χ2n) is 3.17. The van der Waals surface area contributed by atoms with Crippen molar-refractivity contribution >= 4 is 26.8 Å². The van der Waals surface area contributed by atoms with E-state index in [1.165, 1.54) is 12.3 Å². The van der Waals surface area contributed by atoms with Crippen molar-refractivity contribution in [2.45, 2.75) is 5.76 Å². The maximum absolute atomic E-state index is 3.70.